The quantitative estimate of drug-likeness (QED) is 0.580. The van der Waals surface area contributed by atoms with Crippen LogP contribution in [-0.2, 0) is 9.53 Å². The van der Waals surface area contributed by atoms with Gasteiger partial charge in [-0.25, -0.2) is 9.97 Å². The van der Waals surface area contributed by atoms with Crippen molar-refractivity contribution >= 4 is 34.4 Å². The van der Waals surface area contributed by atoms with Crippen molar-refractivity contribution in [3.8, 4) is 0 Å². The molecule has 0 aliphatic carbocycles. The average Bonchev–Trinajstić information content (AvgIpc) is 3.42. The number of fused-ring (bicyclic) bond motifs is 1. The number of nitrogens with zero attached hydrogens (tertiary/aromatic N) is 4. The van der Waals surface area contributed by atoms with Crippen molar-refractivity contribution in [2.45, 2.75) is 43.5 Å². The highest BCUT2D eigenvalue weighted by Crippen LogP contribution is 2.53. The van der Waals surface area contributed by atoms with Crippen molar-refractivity contribution in [2.24, 2.45) is 0 Å². The Hall–Kier alpha value is -2.68. The Bertz CT molecular complexity index is 1200. The van der Waals surface area contributed by atoms with Crippen molar-refractivity contribution in [1.29, 1.82) is 0 Å². The number of aromatic amines is 1. The number of H-pyrrole nitrogens is 1. The Morgan fingerprint density at radius 2 is 2.09 bits per heavy atom. The summed E-state index contributed by atoms with van der Waals surface area (Å²) in [5.41, 5.74) is 1.51. The average molecular weight is 467 g/mol. The van der Waals surface area contributed by atoms with Gasteiger partial charge in [-0.15, -0.1) is 0 Å². The van der Waals surface area contributed by atoms with Crippen LogP contribution in [0.3, 0.4) is 0 Å². The molecule has 172 valence electrons. The molecule has 2 aromatic heterocycles. The van der Waals surface area contributed by atoms with E-state index >= 15 is 0 Å². The Kier molecular flexibility index (Phi) is 4.87. The molecule has 0 saturated carbocycles. The fourth-order valence-electron chi connectivity index (χ4n) is 5.60. The van der Waals surface area contributed by atoms with Crippen LogP contribution in [0.1, 0.15) is 25.3 Å². The Morgan fingerprint density at radius 3 is 2.82 bits per heavy atom. The van der Waals surface area contributed by atoms with Crippen LogP contribution in [0.25, 0.3) is 11.0 Å². The van der Waals surface area contributed by atoms with Gasteiger partial charge in [-0.2, -0.15) is 0 Å². The predicted molar refractivity (Wildman–Crippen MR) is 127 cm³/mol. The molecule has 4 atom stereocenters. The molecule has 1 spiro atoms. The monoisotopic (exact) mass is 466 g/mol. The second-order valence-electron chi connectivity index (χ2n) is 9.53. The molecule has 1 aromatic carbocycles. The number of hydrogen-bond acceptors (Lipinski definition) is 6. The van der Waals surface area contributed by atoms with Gasteiger partial charge in [0.25, 0.3) is 0 Å². The molecular formula is C24H27ClN6O2. The van der Waals surface area contributed by atoms with Crippen molar-refractivity contribution in [1.82, 2.24) is 25.2 Å². The SMILES string of the molecule is CC(C)NC[C@@H](C(=O)N1C2COC23CN(c2ncnc4[nH]ccc24)CC13)c1ccc(Cl)cc1. The number of morpholine rings is 1. The van der Waals surface area contributed by atoms with E-state index in [2.05, 4.69) is 43.9 Å². The largest absolute Gasteiger partial charge is 0.366 e. The maximum absolute atomic E-state index is 13.9. The summed E-state index contributed by atoms with van der Waals surface area (Å²) in [4.78, 5) is 30.2. The maximum atomic E-state index is 13.9. The van der Waals surface area contributed by atoms with E-state index in [1.165, 1.54) is 0 Å². The van der Waals surface area contributed by atoms with Gasteiger partial charge in [0.15, 0.2) is 0 Å². The van der Waals surface area contributed by atoms with Crippen LogP contribution in [0, 0.1) is 0 Å². The highest BCUT2D eigenvalue weighted by atomic mass is 35.5. The maximum Gasteiger partial charge on any atom is 0.232 e. The lowest BCUT2D eigenvalue weighted by molar-refractivity contribution is -0.297. The van der Waals surface area contributed by atoms with Gasteiger partial charge in [-0.05, 0) is 23.8 Å². The highest BCUT2D eigenvalue weighted by molar-refractivity contribution is 6.30. The third kappa shape index (κ3) is 3.15. The van der Waals surface area contributed by atoms with Crippen molar-refractivity contribution in [3.63, 3.8) is 0 Å². The fraction of sp³-hybridized carbons (Fsp3) is 0.458. The summed E-state index contributed by atoms with van der Waals surface area (Å²) in [5.74, 6) is 0.769. The second kappa shape index (κ2) is 7.68. The van der Waals surface area contributed by atoms with Gasteiger partial charge in [0.1, 0.15) is 23.4 Å². The number of amides is 1. The summed E-state index contributed by atoms with van der Waals surface area (Å²) in [6.45, 7) is 6.79. The zero-order valence-electron chi connectivity index (χ0n) is 18.7. The number of rotatable bonds is 6. The van der Waals surface area contributed by atoms with Crippen molar-refractivity contribution in [3.05, 3.63) is 53.4 Å². The number of carbonyl (C=O) groups excluding carboxylic acids is 1. The summed E-state index contributed by atoms with van der Waals surface area (Å²) in [6, 6.07) is 10.0. The van der Waals surface area contributed by atoms with Gasteiger partial charge in [0.05, 0.1) is 36.5 Å². The number of benzene rings is 1. The van der Waals surface area contributed by atoms with Crippen LogP contribution in [0.2, 0.25) is 5.02 Å². The molecule has 6 rings (SSSR count). The minimum absolute atomic E-state index is 0.0153. The molecule has 9 heteroatoms. The van der Waals surface area contributed by atoms with Crippen LogP contribution in [0.5, 0.6) is 0 Å². The smallest absolute Gasteiger partial charge is 0.232 e. The summed E-state index contributed by atoms with van der Waals surface area (Å²) in [6.07, 6.45) is 3.46. The molecule has 0 radical (unpaired) electrons. The molecule has 33 heavy (non-hydrogen) atoms. The molecule has 2 N–H and O–H groups in total. The van der Waals surface area contributed by atoms with Gasteiger partial charge < -0.3 is 24.8 Å². The molecule has 5 heterocycles. The van der Waals surface area contributed by atoms with E-state index in [0.29, 0.717) is 30.8 Å². The van der Waals surface area contributed by atoms with Crippen LogP contribution in [-0.4, -0.2) is 75.7 Å². The Balaban J connectivity index is 1.28. The van der Waals surface area contributed by atoms with Gasteiger partial charge in [-0.3, -0.25) is 4.79 Å². The lowest BCUT2D eigenvalue weighted by Crippen LogP contribution is -2.86. The zero-order chi connectivity index (χ0) is 22.7. The van der Waals surface area contributed by atoms with Crippen LogP contribution < -0.4 is 10.2 Å². The molecule has 3 saturated heterocycles. The standard InChI is InChI=1S/C24H27ClN6O2/c1-14(2)27-9-18(15-3-5-16(25)6-4-15)23(32)31-19-10-30(12-24(19)20(31)11-33-24)22-17-7-8-26-21(17)28-13-29-22/h3-8,13-14,18-20,27H,9-12H2,1-2H3,(H,26,28,29)/t18-,19?,20?,24?/m1/s1. The lowest BCUT2D eigenvalue weighted by atomic mass is 9.72. The number of carbonyl (C=O) groups is 1. The first-order valence-electron chi connectivity index (χ1n) is 11.5. The van der Waals surface area contributed by atoms with E-state index in [4.69, 9.17) is 16.3 Å². The number of nitrogens with one attached hydrogen (secondary N) is 2. The molecule has 3 aromatic rings. The normalized spacial score (nSPS) is 26.7. The predicted octanol–water partition coefficient (Wildman–Crippen LogP) is 2.56. The third-order valence-corrected chi connectivity index (χ3v) is 7.58. The van der Waals surface area contributed by atoms with Gasteiger partial charge in [0, 0.05) is 30.4 Å². The summed E-state index contributed by atoms with van der Waals surface area (Å²) < 4.78 is 6.15. The topological polar surface area (TPSA) is 86.4 Å². The zero-order valence-corrected chi connectivity index (χ0v) is 19.4. The fourth-order valence-corrected chi connectivity index (χ4v) is 5.73. The molecule has 3 unspecified atom stereocenters. The van der Waals surface area contributed by atoms with E-state index in [-0.39, 0.29) is 29.5 Å². The summed E-state index contributed by atoms with van der Waals surface area (Å²) in [5, 5.41) is 5.11. The summed E-state index contributed by atoms with van der Waals surface area (Å²) >= 11 is 6.11. The van der Waals surface area contributed by atoms with E-state index in [9.17, 15) is 4.79 Å². The minimum Gasteiger partial charge on any atom is -0.366 e. The van der Waals surface area contributed by atoms with E-state index in [1.807, 2.05) is 36.5 Å². The first-order valence-corrected chi connectivity index (χ1v) is 11.8. The van der Waals surface area contributed by atoms with Crippen LogP contribution in [0.15, 0.2) is 42.9 Å². The minimum atomic E-state index is -0.292. The van der Waals surface area contributed by atoms with Crippen molar-refractivity contribution < 1.29 is 9.53 Å². The number of anilines is 1. The molecule has 3 aliphatic heterocycles. The van der Waals surface area contributed by atoms with E-state index < -0.39 is 0 Å². The number of ether oxygens (including phenoxy) is 1. The second-order valence-corrected chi connectivity index (χ2v) is 9.96. The molecule has 3 aliphatic rings. The molecule has 0 bridgehead atoms. The van der Waals surface area contributed by atoms with E-state index in [0.717, 1.165) is 29.0 Å². The van der Waals surface area contributed by atoms with Gasteiger partial charge in [0.2, 0.25) is 5.91 Å². The molecule has 1 amide bonds. The molecule has 8 nitrogen and oxygen atoms in total. The summed E-state index contributed by atoms with van der Waals surface area (Å²) in [7, 11) is 0. The highest BCUT2D eigenvalue weighted by Gasteiger charge is 2.73. The Morgan fingerprint density at radius 1 is 1.27 bits per heavy atom. The van der Waals surface area contributed by atoms with E-state index in [1.54, 1.807) is 6.33 Å². The van der Waals surface area contributed by atoms with Crippen LogP contribution >= 0.6 is 11.6 Å². The number of aromatic nitrogens is 3. The number of hydrogen-bond donors (Lipinski definition) is 2. The molecular weight excluding hydrogens is 440 g/mol. The third-order valence-electron chi connectivity index (χ3n) is 7.33. The van der Waals surface area contributed by atoms with Gasteiger partial charge >= 0.3 is 0 Å². The Labute approximate surface area is 197 Å². The van der Waals surface area contributed by atoms with Crippen LogP contribution in [0.4, 0.5) is 5.82 Å². The number of likely N-dealkylation sites (tertiary alicyclic amines) is 1. The van der Waals surface area contributed by atoms with Crippen molar-refractivity contribution in [2.75, 3.05) is 31.1 Å². The number of halogens is 1. The van der Waals surface area contributed by atoms with Gasteiger partial charge in [-0.1, -0.05) is 37.6 Å². The first kappa shape index (κ1) is 20.9. The first-order chi connectivity index (χ1) is 16.0. The molecule has 3 fully saturated rings. The lowest BCUT2D eigenvalue weighted by Gasteiger charge is -2.66.